The minimum Gasteiger partial charge on any atom is -0.436 e. The van der Waals surface area contributed by atoms with E-state index in [1.165, 1.54) is 0 Å². The SMILES string of the molecule is [O-][Cl+3]([O-])([O-])[O-].c1ccc(-c2cc(-c3ccc(-c4cnc(-c5ccccc5)o4)cc3)[o+]c(-c3ccc(-c4cnc(-c5ccccc5)o4)cc3)c2)cc1. The van der Waals surface area contributed by atoms with Crippen LogP contribution >= 0.6 is 0 Å². The van der Waals surface area contributed by atoms with E-state index >= 15 is 0 Å². The Labute approximate surface area is 294 Å². The van der Waals surface area contributed by atoms with Crippen molar-refractivity contribution in [2.75, 3.05) is 0 Å². The molecule has 0 saturated carbocycles. The van der Waals surface area contributed by atoms with Gasteiger partial charge in [0, 0.05) is 27.8 Å². The first-order chi connectivity index (χ1) is 24.8. The second-order valence-electron chi connectivity index (χ2n) is 11.3. The maximum Gasteiger partial charge on any atom is 0.361 e. The minimum atomic E-state index is -4.94. The largest absolute Gasteiger partial charge is 0.436 e. The van der Waals surface area contributed by atoms with Gasteiger partial charge in [0.1, 0.15) is 0 Å². The van der Waals surface area contributed by atoms with Gasteiger partial charge >= 0.3 is 11.5 Å². The van der Waals surface area contributed by atoms with Gasteiger partial charge in [-0.05, 0) is 54.1 Å². The van der Waals surface area contributed by atoms with Gasteiger partial charge in [-0.2, -0.15) is 0 Å². The zero-order chi connectivity index (χ0) is 35.2. The topological polar surface area (TPSA) is 156 Å². The molecule has 3 heterocycles. The van der Waals surface area contributed by atoms with Crippen molar-refractivity contribution in [3.8, 4) is 79.3 Å². The molecule has 51 heavy (non-hydrogen) atoms. The lowest BCUT2D eigenvalue weighted by Gasteiger charge is -2.17. The highest BCUT2D eigenvalue weighted by Crippen LogP contribution is 2.35. The second-order valence-corrected chi connectivity index (χ2v) is 12.0. The molecule has 9 nitrogen and oxygen atoms in total. The molecule has 10 heteroatoms. The van der Waals surface area contributed by atoms with Crippen LogP contribution in [0.1, 0.15) is 0 Å². The van der Waals surface area contributed by atoms with E-state index in [2.05, 4.69) is 58.5 Å². The fraction of sp³-hybridized carbons (Fsp3) is 0. The summed E-state index contributed by atoms with van der Waals surface area (Å²) in [6, 6.07) is 50.6. The van der Waals surface area contributed by atoms with Crippen LogP contribution in [0.15, 0.2) is 177 Å². The van der Waals surface area contributed by atoms with Gasteiger partial charge in [-0.25, -0.2) is 33.0 Å². The van der Waals surface area contributed by atoms with Gasteiger partial charge < -0.3 is 8.83 Å². The van der Waals surface area contributed by atoms with Gasteiger partial charge in [0.25, 0.3) is 0 Å². The Morgan fingerprint density at radius 3 is 1.10 bits per heavy atom. The molecule has 3 aromatic heterocycles. The number of benzene rings is 5. The molecule has 0 amide bonds. The molecule has 250 valence electrons. The van der Waals surface area contributed by atoms with Crippen LogP contribution < -0.4 is 18.6 Å². The quantitative estimate of drug-likeness (QED) is 0.171. The second kappa shape index (κ2) is 14.7. The van der Waals surface area contributed by atoms with Crippen molar-refractivity contribution in [2.24, 2.45) is 0 Å². The van der Waals surface area contributed by atoms with Gasteiger partial charge in [-0.3, -0.25) is 0 Å². The number of nitrogens with zero attached hydrogens (tertiary/aromatic N) is 2. The highest BCUT2D eigenvalue weighted by Gasteiger charge is 2.22. The molecule has 0 unspecified atom stereocenters. The fourth-order valence-corrected chi connectivity index (χ4v) is 5.42. The summed E-state index contributed by atoms with van der Waals surface area (Å²) in [4.78, 5) is 8.96. The van der Waals surface area contributed by atoms with Crippen LogP contribution in [0.4, 0.5) is 0 Å². The molecule has 0 bridgehead atoms. The Balaban J connectivity index is 0.000000761. The number of aromatic nitrogens is 2. The summed E-state index contributed by atoms with van der Waals surface area (Å²) in [5.74, 6) is 4.14. The van der Waals surface area contributed by atoms with Crippen molar-refractivity contribution in [3.05, 3.63) is 164 Å². The predicted molar refractivity (Wildman–Crippen MR) is 181 cm³/mol. The minimum absolute atomic E-state index is 0.598. The predicted octanol–water partition coefficient (Wildman–Crippen LogP) is 6.45. The lowest BCUT2D eigenvalue weighted by molar-refractivity contribution is -2.00. The van der Waals surface area contributed by atoms with E-state index < -0.39 is 10.2 Å². The van der Waals surface area contributed by atoms with Crippen molar-refractivity contribution in [1.29, 1.82) is 0 Å². The van der Waals surface area contributed by atoms with E-state index in [0.717, 1.165) is 56.0 Å². The Morgan fingerprint density at radius 2 is 0.725 bits per heavy atom. The molecular formula is C41H27ClN2O7. The lowest BCUT2D eigenvalue weighted by Crippen LogP contribution is -2.68. The van der Waals surface area contributed by atoms with Crippen molar-refractivity contribution in [3.63, 3.8) is 0 Å². The van der Waals surface area contributed by atoms with Crippen LogP contribution in [0, 0.1) is 10.2 Å². The number of halogens is 1. The Kier molecular flexibility index (Phi) is 9.62. The number of rotatable bonds is 7. The summed E-state index contributed by atoms with van der Waals surface area (Å²) >= 11 is 0. The molecule has 8 aromatic rings. The van der Waals surface area contributed by atoms with E-state index in [1.54, 1.807) is 12.4 Å². The molecule has 0 radical (unpaired) electrons. The zero-order valence-electron chi connectivity index (χ0n) is 26.7. The van der Waals surface area contributed by atoms with E-state index in [9.17, 15) is 0 Å². The molecule has 0 atom stereocenters. The summed E-state index contributed by atoms with van der Waals surface area (Å²) in [5.41, 5.74) is 7.86. The first-order valence-electron chi connectivity index (χ1n) is 15.7. The summed E-state index contributed by atoms with van der Waals surface area (Å²) in [5, 5.41) is 0. The Bertz CT molecular complexity index is 2190. The lowest BCUT2D eigenvalue weighted by atomic mass is 10.0. The molecule has 0 spiro atoms. The maximum absolute atomic E-state index is 8.49. The van der Waals surface area contributed by atoms with E-state index in [-0.39, 0.29) is 0 Å². The Morgan fingerprint density at radius 1 is 0.392 bits per heavy atom. The molecule has 0 saturated heterocycles. The number of hydrogen-bond acceptors (Lipinski definition) is 8. The first-order valence-corrected chi connectivity index (χ1v) is 16.9. The smallest absolute Gasteiger partial charge is 0.361 e. The summed E-state index contributed by atoms with van der Waals surface area (Å²) in [7, 11) is -4.94. The van der Waals surface area contributed by atoms with Gasteiger partial charge in [0.2, 0.25) is 11.8 Å². The molecule has 0 fully saturated rings. The molecular weight excluding hydrogens is 668 g/mol. The van der Waals surface area contributed by atoms with Crippen molar-refractivity contribution in [2.45, 2.75) is 0 Å². The van der Waals surface area contributed by atoms with Crippen molar-refractivity contribution < 1.29 is 42.1 Å². The molecule has 5 aromatic carbocycles. The van der Waals surface area contributed by atoms with Crippen LogP contribution in [0.25, 0.3) is 79.3 Å². The zero-order valence-corrected chi connectivity index (χ0v) is 27.5. The third-order valence-corrected chi connectivity index (χ3v) is 7.86. The molecule has 0 aliphatic carbocycles. The average molecular weight is 695 g/mol. The highest BCUT2D eigenvalue weighted by molar-refractivity contribution is 5.76. The van der Waals surface area contributed by atoms with E-state index in [4.69, 9.17) is 31.9 Å². The van der Waals surface area contributed by atoms with Crippen LogP contribution in [-0.4, -0.2) is 9.97 Å². The monoisotopic (exact) mass is 694 g/mol. The summed E-state index contributed by atoms with van der Waals surface area (Å²) in [6.45, 7) is 0. The van der Waals surface area contributed by atoms with Crippen molar-refractivity contribution >= 4 is 0 Å². The average Bonchev–Trinajstić information content (AvgIpc) is 3.87. The summed E-state index contributed by atoms with van der Waals surface area (Å²) in [6.07, 6.45) is 3.53. The molecule has 0 N–H and O–H groups in total. The highest BCUT2D eigenvalue weighted by atomic mass is 35.7. The van der Waals surface area contributed by atoms with Crippen LogP contribution in [-0.2, 0) is 0 Å². The van der Waals surface area contributed by atoms with Gasteiger partial charge in [-0.15, -0.1) is 10.2 Å². The number of hydrogen-bond donors (Lipinski definition) is 0. The van der Waals surface area contributed by atoms with Crippen LogP contribution in [0.3, 0.4) is 0 Å². The fourth-order valence-electron chi connectivity index (χ4n) is 5.42. The third kappa shape index (κ3) is 8.34. The van der Waals surface area contributed by atoms with E-state index in [0.29, 0.717) is 23.3 Å². The standard InChI is InChI=1S/C41H27N2O3.ClHO4/c1-4-10-28(11-5-1)35-24-36(29-16-20-31(21-17-29)38-26-42-40(45-38)33-12-6-2-7-13-33)44-37(25-35)30-18-22-32(23-19-30)39-27-43-41(46-39)34-14-8-3-9-15-34;2-1(3,4)5/h1-27H;(H,2,3,4,5)/q+1;/p-1. The van der Waals surface area contributed by atoms with Crippen LogP contribution in [0.2, 0.25) is 0 Å². The normalized spacial score (nSPS) is 11.1. The van der Waals surface area contributed by atoms with Gasteiger partial charge in [-0.1, -0.05) is 91.0 Å². The Hall–Kier alpha value is -6.20. The number of oxazole rings is 2. The maximum atomic E-state index is 8.49. The van der Waals surface area contributed by atoms with Crippen LogP contribution in [0.5, 0.6) is 0 Å². The summed E-state index contributed by atoms with van der Waals surface area (Å²) < 4.78 is 52.7. The third-order valence-electron chi connectivity index (χ3n) is 7.86. The van der Waals surface area contributed by atoms with Crippen molar-refractivity contribution in [1.82, 2.24) is 9.97 Å². The van der Waals surface area contributed by atoms with Gasteiger partial charge in [0.05, 0.1) is 35.7 Å². The molecule has 0 aliphatic heterocycles. The van der Waals surface area contributed by atoms with E-state index in [1.807, 2.05) is 103 Å². The molecule has 0 aliphatic rings. The molecule has 8 rings (SSSR count). The first kappa shape index (κ1) is 33.3. The van der Waals surface area contributed by atoms with Gasteiger partial charge in [0.15, 0.2) is 11.5 Å².